The second-order valence-electron chi connectivity index (χ2n) is 5.50. The van der Waals surface area contributed by atoms with E-state index in [1.807, 2.05) is 6.92 Å². The molecule has 0 radical (unpaired) electrons. The van der Waals surface area contributed by atoms with Gasteiger partial charge in [-0.1, -0.05) is 78.4 Å². The van der Waals surface area contributed by atoms with E-state index >= 15 is 0 Å². The summed E-state index contributed by atoms with van der Waals surface area (Å²) in [7, 11) is 0. The van der Waals surface area contributed by atoms with Gasteiger partial charge in [-0.15, -0.1) is 0 Å². The molecule has 1 aliphatic rings. The molecule has 22 heavy (non-hydrogen) atoms. The van der Waals surface area contributed by atoms with Gasteiger partial charge in [-0.25, -0.2) is 0 Å². The van der Waals surface area contributed by atoms with E-state index in [0.29, 0.717) is 0 Å². The molecule has 0 saturated heterocycles. The Kier molecular flexibility index (Phi) is 6.50. The van der Waals surface area contributed by atoms with Gasteiger partial charge in [0.2, 0.25) is 0 Å². The van der Waals surface area contributed by atoms with E-state index < -0.39 is 0 Å². The lowest BCUT2D eigenvalue weighted by Crippen LogP contribution is -2.22. The summed E-state index contributed by atoms with van der Waals surface area (Å²) in [5.74, 6) is 0. The Morgan fingerprint density at radius 2 is 1.86 bits per heavy atom. The number of hydrogen-bond donors (Lipinski definition) is 0. The van der Waals surface area contributed by atoms with Crippen molar-refractivity contribution in [3.63, 3.8) is 0 Å². The summed E-state index contributed by atoms with van der Waals surface area (Å²) in [6.45, 7) is 6.03. The van der Waals surface area contributed by atoms with Crippen molar-refractivity contribution < 1.29 is 0 Å². The van der Waals surface area contributed by atoms with E-state index in [2.05, 4.69) is 90.8 Å². The summed E-state index contributed by atoms with van der Waals surface area (Å²) in [5.41, 5.74) is 4.02. The number of benzene rings is 1. The molecule has 1 aromatic rings. The maximum absolute atomic E-state index is 2.44. The quantitative estimate of drug-likeness (QED) is 0.640. The first-order valence-corrected chi connectivity index (χ1v) is 7.90. The zero-order valence-electron chi connectivity index (χ0n) is 13.6. The van der Waals surface area contributed by atoms with Gasteiger partial charge in [0.05, 0.1) is 0 Å². The lowest BCUT2D eigenvalue weighted by Gasteiger charge is -2.26. The predicted octanol–water partition coefficient (Wildman–Crippen LogP) is 5.33. The van der Waals surface area contributed by atoms with Crippen LogP contribution in [0.1, 0.15) is 24.5 Å². The zero-order valence-corrected chi connectivity index (χ0v) is 13.6. The van der Waals surface area contributed by atoms with Crippen LogP contribution in [0.15, 0.2) is 84.6 Å². The molecule has 0 heterocycles. The van der Waals surface area contributed by atoms with Gasteiger partial charge in [0.25, 0.3) is 0 Å². The van der Waals surface area contributed by atoms with Crippen molar-refractivity contribution in [1.82, 2.24) is 4.90 Å². The summed E-state index contributed by atoms with van der Waals surface area (Å²) in [6.07, 6.45) is 20.2. The van der Waals surface area contributed by atoms with E-state index in [1.54, 1.807) is 0 Å². The molecule has 0 aromatic heterocycles. The molecule has 0 saturated carbocycles. The third-order valence-corrected chi connectivity index (χ3v) is 3.64. The van der Waals surface area contributed by atoms with Gasteiger partial charge >= 0.3 is 0 Å². The van der Waals surface area contributed by atoms with E-state index in [1.165, 1.54) is 16.8 Å². The molecule has 1 heteroatoms. The van der Waals surface area contributed by atoms with Crippen molar-refractivity contribution >= 4 is 0 Å². The molecule has 0 atom stereocenters. The van der Waals surface area contributed by atoms with Crippen LogP contribution in [0.25, 0.3) is 0 Å². The first kappa shape index (κ1) is 16.1. The third kappa shape index (κ3) is 5.25. The molecule has 0 fully saturated rings. The van der Waals surface area contributed by atoms with Crippen LogP contribution in [0.2, 0.25) is 0 Å². The fourth-order valence-corrected chi connectivity index (χ4v) is 2.38. The first-order chi connectivity index (χ1) is 10.8. The van der Waals surface area contributed by atoms with Crippen molar-refractivity contribution in [3.8, 4) is 0 Å². The van der Waals surface area contributed by atoms with Crippen LogP contribution < -0.4 is 0 Å². The minimum absolute atomic E-state index is 0.922. The van der Waals surface area contributed by atoms with Crippen molar-refractivity contribution in [2.24, 2.45) is 0 Å². The summed E-state index contributed by atoms with van der Waals surface area (Å²) < 4.78 is 0. The highest BCUT2D eigenvalue weighted by Crippen LogP contribution is 2.17. The smallest absolute Gasteiger partial charge is 0.0430 e. The lowest BCUT2D eigenvalue weighted by atomic mass is 10.1. The second kappa shape index (κ2) is 8.89. The monoisotopic (exact) mass is 291 g/mol. The highest BCUT2D eigenvalue weighted by Gasteiger charge is 2.08. The summed E-state index contributed by atoms with van der Waals surface area (Å²) in [4.78, 5) is 2.44. The van der Waals surface area contributed by atoms with Gasteiger partial charge in [0, 0.05) is 25.2 Å². The largest absolute Gasteiger partial charge is 0.367 e. The Morgan fingerprint density at radius 1 is 1.05 bits per heavy atom. The van der Waals surface area contributed by atoms with Crippen LogP contribution in [0.3, 0.4) is 0 Å². The first-order valence-electron chi connectivity index (χ1n) is 7.90. The molecular formula is C21H25N. The average Bonchev–Trinajstić information content (AvgIpc) is 2.81. The summed E-state index contributed by atoms with van der Waals surface area (Å²) in [6, 6.07) is 8.82. The highest BCUT2D eigenvalue weighted by molar-refractivity contribution is 5.26. The predicted molar refractivity (Wildman–Crippen MR) is 96.5 cm³/mol. The molecule has 1 nitrogen and oxygen atoms in total. The number of allylic oxidation sites excluding steroid dienone is 8. The molecule has 0 amide bonds. The van der Waals surface area contributed by atoms with Crippen molar-refractivity contribution in [2.75, 3.05) is 6.54 Å². The molecule has 0 bridgehead atoms. The van der Waals surface area contributed by atoms with Gasteiger partial charge < -0.3 is 4.90 Å². The van der Waals surface area contributed by atoms with Gasteiger partial charge in [0.1, 0.15) is 0 Å². The van der Waals surface area contributed by atoms with Gasteiger partial charge in [-0.3, -0.25) is 0 Å². The lowest BCUT2D eigenvalue weighted by molar-refractivity contribution is 0.366. The van der Waals surface area contributed by atoms with Crippen LogP contribution >= 0.6 is 0 Å². The van der Waals surface area contributed by atoms with Crippen molar-refractivity contribution in [2.45, 2.75) is 26.8 Å². The molecule has 0 N–H and O–H groups in total. The number of rotatable bonds is 6. The molecule has 1 aromatic carbocycles. The fourth-order valence-electron chi connectivity index (χ4n) is 2.38. The molecular weight excluding hydrogens is 266 g/mol. The van der Waals surface area contributed by atoms with Gasteiger partial charge in [-0.2, -0.15) is 0 Å². The standard InChI is InChI=1S/C21H25N/c1-3-4-5-10-17-22(21-11-8-6-7-9-12-21)18-20-15-13-19(2)14-16-20/h3-11,13-16H,12,17-18H2,1-2H3/b4-3-,10-5-. The summed E-state index contributed by atoms with van der Waals surface area (Å²) in [5, 5.41) is 0. The average molecular weight is 291 g/mol. The van der Waals surface area contributed by atoms with E-state index in [9.17, 15) is 0 Å². The Bertz CT molecular complexity index is 597. The maximum Gasteiger partial charge on any atom is 0.0430 e. The Morgan fingerprint density at radius 3 is 2.64 bits per heavy atom. The molecule has 0 aliphatic heterocycles. The minimum atomic E-state index is 0.922. The third-order valence-electron chi connectivity index (χ3n) is 3.64. The number of nitrogens with zero attached hydrogens (tertiary/aromatic N) is 1. The SMILES string of the molecule is C/C=C\C=C/CN(Cc1ccc(C)cc1)C1=CC=CC=CC1. The van der Waals surface area contributed by atoms with Crippen LogP contribution in [0.4, 0.5) is 0 Å². The molecule has 0 unspecified atom stereocenters. The molecule has 0 spiro atoms. The van der Waals surface area contributed by atoms with Crippen LogP contribution in [-0.4, -0.2) is 11.4 Å². The van der Waals surface area contributed by atoms with Gasteiger partial charge in [-0.05, 0) is 25.5 Å². The van der Waals surface area contributed by atoms with Crippen molar-refractivity contribution in [3.05, 3.63) is 95.8 Å². The summed E-state index contributed by atoms with van der Waals surface area (Å²) >= 11 is 0. The number of aryl methyl sites for hydroxylation is 1. The van der Waals surface area contributed by atoms with Crippen molar-refractivity contribution in [1.29, 1.82) is 0 Å². The Hall–Kier alpha value is -2.28. The van der Waals surface area contributed by atoms with E-state index in [0.717, 1.165) is 19.5 Å². The molecule has 2 rings (SSSR count). The highest BCUT2D eigenvalue weighted by atomic mass is 15.1. The fraction of sp³-hybridized carbons (Fsp3) is 0.238. The van der Waals surface area contributed by atoms with Crippen LogP contribution in [-0.2, 0) is 6.54 Å². The van der Waals surface area contributed by atoms with E-state index in [4.69, 9.17) is 0 Å². The molecule has 114 valence electrons. The normalized spacial score (nSPS) is 14.5. The maximum atomic E-state index is 2.44. The zero-order chi connectivity index (χ0) is 15.6. The Balaban J connectivity index is 2.13. The molecule has 1 aliphatic carbocycles. The topological polar surface area (TPSA) is 3.24 Å². The van der Waals surface area contributed by atoms with Crippen LogP contribution in [0.5, 0.6) is 0 Å². The second-order valence-corrected chi connectivity index (χ2v) is 5.50. The van der Waals surface area contributed by atoms with Crippen LogP contribution in [0, 0.1) is 6.92 Å². The number of hydrogen-bond acceptors (Lipinski definition) is 1. The van der Waals surface area contributed by atoms with E-state index in [-0.39, 0.29) is 0 Å². The minimum Gasteiger partial charge on any atom is -0.367 e. The Labute approximate surface area is 134 Å². The van der Waals surface area contributed by atoms with Gasteiger partial charge in [0.15, 0.2) is 0 Å².